The molecule has 86 valence electrons. The molecule has 16 heavy (non-hydrogen) atoms. The van der Waals surface area contributed by atoms with E-state index in [4.69, 9.17) is 0 Å². The van der Waals surface area contributed by atoms with Gasteiger partial charge in [-0.05, 0) is 45.1 Å². The molecule has 0 spiro atoms. The molecular formula is C13H16FNO. The Kier molecular flexibility index (Phi) is 3.34. The molecule has 2 nitrogen and oxygen atoms in total. The van der Waals surface area contributed by atoms with Gasteiger partial charge in [0.2, 0.25) is 0 Å². The molecule has 0 amide bonds. The Morgan fingerprint density at radius 1 is 1.31 bits per heavy atom. The Morgan fingerprint density at radius 3 is 2.56 bits per heavy atom. The zero-order chi connectivity index (χ0) is 11.5. The highest BCUT2D eigenvalue weighted by Crippen LogP contribution is 2.22. The summed E-state index contributed by atoms with van der Waals surface area (Å²) in [5.41, 5.74) is 0.247. The molecule has 0 bridgehead atoms. The van der Waals surface area contributed by atoms with Crippen LogP contribution in [0.25, 0.3) is 0 Å². The maximum Gasteiger partial charge on any atom is 0.168 e. The predicted molar refractivity (Wildman–Crippen MR) is 61.0 cm³/mol. The summed E-state index contributed by atoms with van der Waals surface area (Å²) < 4.78 is 13.4. The van der Waals surface area contributed by atoms with Crippen LogP contribution in [0.4, 0.5) is 4.39 Å². The Bertz CT molecular complexity index is 383. The third-order valence-electron chi connectivity index (χ3n) is 3.23. The highest BCUT2D eigenvalue weighted by molar-refractivity contribution is 5.98. The molecule has 0 N–H and O–H groups in total. The first-order valence-corrected chi connectivity index (χ1v) is 5.66. The molecule has 3 heteroatoms. The van der Waals surface area contributed by atoms with Gasteiger partial charge >= 0.3 is 0 Å². The summed E-state index contributed by atoms with van der Waals surface area (Å²) in [4.78, 5) is 14.3. The lowest BCUT2D eigenvalue weighted by atomic mass is 9.89. The monoisotopic (exact) mass is 221 g/mol. The molecule has 1 heterocycles. The van der Waals surface area contributed by atoms with Gasteiger partial charge in [0.25, 0.3) is 0 Å². The third kappa shape index (κ3) is 2.30. The Hall–Kier alpha value is -1.22. The molecule has 1 fully saturated rings. The largest absolute Gasteiger partial charge is 0.306 e. The van der Waals surface area contributed by atoms with E-state index in [1.54, 1.807) is 18.2 Å². The summed E-state index contributed by atoms with van der Waals surface area (Å²) >= 11 is 0. The second-order valence-corrected chi connectivity index (χ2v) is 4.42. The number of ketones is 1. The van der Waals surface area contributed by atoms with Crippen LogP contribution in [0, 0.1) is 11.7 Å². The van der Waals surface area contributed by atoms with Gasteiger partial charge in [-0.25, -0.2) is 4.39 Å². The van der Waals surface area contributed by atoms with Gasteiger partial charge in [-0.1, -0.05) is 12.1 Å². The number of likely N-dealkylation sites (tertiary alicyclic amines) is 1. The minimum atomic E-state index is -0.397. The van der Waals surface area contributed by atoms with E-state index in [1.807, 2.05) is 7.05 Å². The van der Waals surface area contributed by atoms with E-state index >= 15 is 0 Å². The van der Waals surface area contributed by atoms with Gasteiger partial charge in [-0.15, -0.1) is 0 Å². The van der Waals surface area contributed by atoms with Crippen molar-refractivity contribution >= 4 is 5.78 Å². The van der Waals surface area contributed by atoms with Crippen molar-refractivity contribution in [1.82, 2.24) is 4.90 Å². The molecule has 2 rings (SSSR count). The number of halogens is 1. The van der Waals surface area contributed by atoms with E-state index < -0.39 is 5.82 Å². The topological polar surface area (TPSA) is 20.3 Å². The van der Waals surface area contributed by atoms with Crippen molar-refractivity contribution in [3.8, 4) is 0 Å². The maximum absolute atomic E-state index is 13.4. The minimum Gasteiger partial charge on any atom is -0.306 e. The first-order valence-electron chi connectivity index (χ1n) is 5.66. The Morgan fingerprint density at radius 2 is 1.94 bits per heavy atom. The van der Waals surface area contributed by atoms with Crippen molar-refractivity contribution in [3.63, 3.8) is 0 Å². The van der Waals surface area contributed by atoms with Crippen molar-refractivity contribution < 1.29 is 9.18 Å². The second kappa shape index (κ2) is 4.74. The summed E-state index contributed by atoms with van der Waals surface area (Å²) in [5, 5.41) is 0. The molecule has 0 aliphatic carbocycles. The van der Waals surface area contributed by atoms with Crippen LogP contribution in [0.3, 0.4) is 0 Å². The fourth-order valence-corrected chi connectivity index (χ4v) is 2.15. The normalized spacial score (nSPS) is 18.6. The molecule has 1 aromatic rings. The minimum absolute atomic E-state index is 0.00639. The number of benzene rings is 1. The summed E-state index contributed by atoms with van der Waals surface area (Å²) in [6, 6.07) is 6.25. The third-order valence-corrected chi connectivity index (χ3v) is 3.23. The second-order valence-electron chi connectivity index (χ2n) is 4.42. The number of piperidine rings is 1. The van der Waals surface area contributed by atoms with Crippen LogP contribution in [-0.2, 0) is 0 Å². The van der Waals surface area contributed by atoms with Gasteiger partial charge in [0.05, 0.1) is 5.56 Å². The fourth-order valence-electron chi connectivity index (χ4n) is 2.15. The lowest BCUT2D eigenvalue weighted by Gasteiger charge is -2.28. The van der Waals surface area contributed by atoms with E-state index in [0.717, 1.165) is 25.9 Å². The molecule has 1 saturated heterocycles. The van der Waals surface area contributed by atoms with Crippen LogP contribution in [0.1, 0.15) is 23.2 Å². The average molecular weight is 221 g/mol. The standard InChI is InChI=1S/C13H16FNO/c1-15-8-6-10(7-9-15)13(16)11-4-2-3-5-12(11)14/h2-5,10H,6-9H2,1H3. The van der Waals surface area contributed by atoms with Crippen LogP contribution in [0.5, 0.6) is 0 Å². The van der Waals surface area contributed by atoms with Gasteiger partial charge in [0, 0.05) is 5.92 Å². The number of Topliss-reactive ketones (excluding diaryl/α,β-unsaturated/α-hetero) is 1. The van der Waals surface area contributed by atoms with Crippen LogP contribution in [0.2, 0.25) is 0 Å². The first-order chi connectivity index (χ1) is 7.68. The zero-order valence-corrected chi connectivity index (χ0v) is 9.45. The summed E-state index contributed by atoms with van der Waals surface area (Å²) in [6.45, 7) is 1.84. The molecule has 0 aromatic heterocycles. The molecule has 1 aliphatic rings. The Balaban J connectivity index is 2.11. The van der Waals surface area contributed by atoms with Gasteiger partial charge in [-0.2, -0.15) is 0 Å². The number of hydrogen-bond acceptors (Lipinski definition) is 2. The van der Waals surface area contributed by atoms with Crippen LogP contribution < -0.4 is 0 Å². The molecular weight excluding hydrogens is 205 g/mol. The fraction of sp³-hybridized carbons (Fsp3) is 0.462. The number of carbonyl (C=O) groups is 1. The van der Waals surface area contributed by atoms with E-state index in [2.05, 4.69) is 4.90 Å². The van der Waals surface area contributed by atoms with Crippen molar-refractivity contribution in [2.75, 3.05) is 20.1 Å². The highest BCUT2D eigenvalue weighted by atomic mass is 19.1. The van der Waals surface area contributed by atoms with Crippen molar-refractivity contribution in [3.05, 3.63) is 35.6 Å². The highest BCUT2D eigenvalue weighted by Gasteiger charge is 2.25. The maximum atomic E-state index is 13.4. The summed E-state index contributed by atoms with van der Waals surface area (Å²) in [6.07, 6.45) is 1.67. The first kappa shape index (κ1) is 11.3. The quantitative estimate of drug-likeness (QED) is 0.714. The number of carbonyl (C=O) groups excluding carboxylic acids is 1. The van der Waals surface area contributed by atoms with E-state index in [0.29, 0.717) is 0 Å². The van der Waals surface area contributed by atoms with Crippen LogP contribution in [-0.4, -0.2) is 30.8 Å². The molecule has 1 aromatic carbocycles. The van der Waals surface area contributed by atoms with E-state index in [1.165, 1.54) is 6.07 Å². The van der Waals surface area contributed by atoms with Crippen molar-refractivity contribution in [1.29, 1.82) is 0 Å². The lowest BCUT2D eigenvalue weighted by Crippen LogP contribution is -2.33. The molecule has 1 aliphatic heterocycles. The van der Waals surface area contributed by atoms with Gasteiger partial charge in [-0.3, -0.25) is 4.79 Å². The number of hydrogen-bond donors (Lipinski definition) is 0. The summed E-state index contributed by atoms with van der Waals surface area (Å²) in [7, 11) is 2.05. The molecule has 0 atom stereocenters. The van der Waals surface area contributed by atoms with Gasteiger partial charge in [0.1, 0.15) is 5.82 Å². The molecule has 0 saturated carbocycles. The van der Waals surface area contributed by atoms with E-state index in [-0.39, 0.29) is 17.3 Å². The SMILES string of the molecule is CN1CCC(C(=O)c2ccccc2F)CC1. The average Bonchev–Trinajstić information content (AvgIpc) is 2.30. The van der Waals surface area contributed by atoms with Gasteiger partial charge < -0.3 is 4.90 Å². The van der Waals surface area contributed by atoms with Gasteiger partial charge in [0.15, 0.2) is 5.78 Å². The van der Waals surface area contributed by atoms with Crippen LogP contribution in [0.15, 0.2) is 24.3 Å². The lowest BCUT2D eigenvalue weighted by molar-refractivity contribution is 0.0852. The molecule has 0 radical (unpaired) electrons. The predicted octanol–water partition coefficient (Wildman–Crippen LogP) is 2.35. The van der Waals surface area contributed by atoms with Crippen molar-refractivity contribution in [2.24, 2.45) is 5.92 Å². The summed E-state index contributed by atoms with van der Waals surface area (Å²) in [5.74, 6) is -0.439. The number of rotatable bonds is 2. The number of nitrogens with zero attached hydrogens (tertiary/aromatic N) is 1. The van der Waals surface area contributed by atoms with Crippen LogP contribution >= 0.6 is 0 Å². The smallest absolute Gasteiger partial charge is 0.168 e. The van der Waals surface area contributed by atoms with Crippen molar-refractivity contribution in [2.45, 2.75) is 12.8 Å². The zero-order valence-electron chi connectivity index (χ0n) is 9.45. The van der Waals surface area contributed by atoms with E-state index in [9.17, 15) is 9.18 Å². The molecule has 0 unspecified atom stereocenters. The Labute approximate surface area is 95.1 Å².